The van der Waals surface area contributed by atoms with E-state index in [1.54, 1.807) is 6.92 Å². The number of ether oxygens (including phenoxy) is 2. The first-order chi connectivity index (χ1) is 13.7. The van der Waals surface area contributed by atoms with E-state index in [1.165, 1.54) is 12.2 Å². The van der Waals surface area contributed by atoms with Gasteiger partial charge in [-0.05, 0) is 32.4 Å². The zero-order chi connectivity index (χ0) is 21.6. The molecule has 2 saturated heterocycles. The average Bonchev–Trinajstić information content (AvgIpc) is 2.95. The van der Waals surface area contributed by atoms with Gasteiger partial charge in [-0.3, -0.25) is 24.6 Å². The molecule has 2 aliphatic heterocycles. The number of esters is 1. The minimum absolute atomic E-state index is 0.126. The molecule has 0 unspecified atom stereocenters. The van der Waals surface area contributed by atoms with Gasteiger partial charge in [0, 0.05) is 13.0 Å². The molecule has 160 valence electrons. The number of imide groups is 2. The van der Waals surface area contributed by atoms with Crippen molar-refractivity contribution in [1.29, 1.82) is 0 Å². The molecule has 0 spiro atoms. The Kier molecular flexibility index (Phi) is 7.41. The summed E-state index contributed by atoms with van der Waals surface area (Å²) in [4.78, 5) is 50.9. The van der Waals surface area contributed by atoms with Crippen LogP contribution < -0.4 is 5.32 Å². The molecule has 1 N–H and O–H groups in total. The largest absolute Gasteiger partial charge is 0.477 e. The van der Waals surface area contributed by atoms with Crippen LogP contribution in [0.1, 0.15) is 47.0 Å². The molecule has 2 rings (SSSR count). The molecule has 0 aromatic heterocycles. The second-order valence-electron chi connectivity index (χ2n) is 7.48. The molecule has 2 aliphatic rings. The zero-order valence-electron chi connectivity index (χ0n) is 17.4. The Bertz CT molecular complexity index is 740. The van der Waals surface area contributed by atoms with E-state index < -0.39 is 17.8 Å². The summed E-state index contributed by atoms with van der Waals surface area (Å²) in [7, 11) is 0. The number of hydrogen-bond donors (Lipinski definition) is 1. The Morgan fingerprint density at radius 3 is 2.59 bits per heavy atom. The summed E-state index contributed by atoms with van der Waals surface area (Å²) in [5.74, 6) is -1.17. The highest BCUT2D eigenvalue weighted by Gasteiger charge is 2.38. The molecule has 2 heterocycles. The van der Waals surface area contributed by atoms with Gasteiger partial charge in [0.25, 0.3) is 11.8 Å². The molecule has 0 aromatic carbocycles. The number of allylic oxidation sites excluding steroid dienone is 2. The third-order valence-corrected chi connectivity index (χ3v) is 4.75. The summed E-state index contributed by atoms with van der Waals surface area (Å²) >= 11 is 0. The lowest BCUT2D eigenvalue weighted by atomic mass is 10.1. The first kappa shape index (κ1) is 22.4. The van der Waals surface area contributed by atoms with Crippen molar-refractivity contribution in [3.8, 4) is 0 Å². The van der Waals surface area contributed by atoms with Crippen LogP contribution >= 0.6 is 0 Å². The summed E-state index contributed by atoms with van der Waals surface area (Å²) in [5.41, 5.74) is -0.468. The molecule has 0 radical (unpaired) electrons. The topological polar surface area (TPSA) is 105 Å². The highest BCUT2D eigenvalue weighted by atomic mass is 16.5. The first-order valence-electron chi connectivity index (χ1n) is 9.86. The van der Waals surface area contributed by atoms with Crippen molar-refractivity contribution in [1.82, 2.24) is 15.1 Å². The lowest BCUT2D eigenvalue weighted by molar-refractivity contribution is -0.143. The van der Waals surface area contributed by atoms with Crippen LogP contribution in [0.15, 0.2) is 23.6 Å². The number of amides is 4. The number of carbonyl (C=O) groups is 4. The maximum absolute atomic E-state index is 12.6. The third-order valence-electron chi connectivity index (χ3n) is 4.75. The van der Waals surface area contributed by atoms with E-state index in [4.69, 9.17) is 9.47 Å². The number of unbranched alkanes of at least 4 members (excludes halogenated alkanes) is 1. The lowest BCUT2D eigenvalue weighted by Gasteiger charge is -2.30. The number of hydrogen-bond acceptors (Lipinski definition) is 7. The maximum Gasteiger partial charge on any atom is 0.331 e. The van der Waals surface area contributed by atoms with Crippen LogP contribution in [0.3, 0.4) is 0 Å². The van der Waals surface area contributed by atoms with Crippen molar-refractivity contribution in [3.63, 3.8) is 0 Å². The van der Waals surface area contributed by atoms with E-state index in [0.29, 0.717) is 31.9 Å². The molecule has 0 atom stereocenters. The Balaban J connectivity index is 2.17. The number of rotatable bonds is 8. The number of carbonyl (C=O) groups excluding carboxylic acids is 4. The minimum atomic E-state index is -0.731. The van der Waals surface area contributed by atoms with E-state index >= 15 is 0 Å². The van der Waals surface area contributed by atoms with E-state index in [2.05, 4.69) is 5.32 Å². The second kappa shape index (κ2) is 9.58. The number of nitrogens with zero attached hydrogens (tertiary/aromatic N) is 2. The van der Waals surface area contributed by atoms with Crippen LogP contribution in [0.5, 0.6) is 0 Å². The molecule has 4 amide bonds. The fourth-order valence-corrected chi connectivity index (χ4v) is 3.00. The number of nitrogens with one attached hydrogen (secondary N) is 1. The van der Waals surface area contributed by atoms with Gasteiger partial charge in [-0.25, -0.2) is 4.79 Å². The molecule has 0 saturated carbocycles. The van der Waals surface area contributed by atoms with Gasteiger partial charge in [-0.1, -0.05) is 20.3 Å². The van der Waals surface area contributed by atoms with Gasteiger partial charge in [0.1, 0.15) is 18.8 Å². The molecule has 29 heavy (non-hydrogen) atoms. The van der Waals surface area contributed by atoms with E-state index in [9.17, 15) is 19.2 Å². The second-order valence-corrected chi connectivity index (χ2v) is 7.48. The fraction of sp³-hybridized carbons (Fsp3) is 0.600. The Labute approximate surface area is 170 Å². The van der Waals surface area contributed by atoms with Crippen LogP contribution in [0.2, 0.25) is 0 Å². The van der Waals surface area contributed by atoms with Gasteiger partial charge in [-0.15, -0.1) is 0 Å². The minimum Gasteiger partial charge on any atom is -0.477 e. The number of barbiturate groups is 1. The quantitative estimate of drug-likeness (QED) is 0.371. The monoisotopic (exact) mass is 407 g/mol. The summed E-state index contributed by atoms with van der Waals surface area (Å²) in [6.45, 7) is 8.90. The first-order valence-corrected chi connectivity index (χ1v) is 9.86. The van der Waals surface area contributed by atoms with Gasteiger partial charge >= 0.3 is 12.0 Å². The van der Waals surface area contributed by atoms with Crippen LogP contribution in [-0.4, -0.2) is 65.5 Å². The zero-order valence-corrected chi connectivity index (χ0v) is 17.4. The van der Waals surface area contributed by atoms with Crippen molar-refractivity contribution in [2.45, 2.75) is 52.5 Å². The SMILES string of the molecule is CCCCN1C(=O)NC(=O)C(=CC=C2OCC(C)(C)N2CCOC(=O)CC)C1=O. The lowest BCUT2D eigenvalue weighted by Crippen LogP contribution is -2.54. The van der Waals surface area contributed by atoms with E-state index in [1.807, 2.05) is 25.7 Å². The van der Waals surface area contributed by atoms with Gasteiger partial charge in [0.2, 0.25) is 0 Å². The van der Waals surface area contributed by atoms with Gasteiger partial charge in [-0.2, -0.15) is 0 Å². The Hall–Kier alpha value is -2.84. The molecule has 2 fully saturated rings. The molecule has 9 nitrogen and oxygen atoms in total. The standard InChI is InChI=1S/C20H29N3O6/c1-5-7-10-22-18(26)14(17(25)21-19(22)27)8-9-15-23(20(3,4)13-29-15)11-12-28-16(24)6-2/h8-9H,5-7,10-13H2,1-4H3,(H,21,25,27). The van der Waals surface area contributed by atoms with Crippen molar-refractivity contribution in [2.75, 3.05) is 26.3 Å². The molecular weight excluding hydrogens is 378 g/mol. The summed E-state index contributed by atoms with van der Waals surface area (Å²) in [5, 5.41) is 2.19. The summed E-state index contributed by atoms with van der Waals surface area (Å²) in [6, 6.07) is -0.698. The normalized spacial score (nSPS) is 21.6. The van der Waals surface area contributed by atoms with Crippen LogP contribution in [0.4, 0.5) is 4.79 Å². The molecule has 0 aromatic rings. The fourth-order valence-electron chi connectivity index (χ4n) is 3.00. The predicted molar refractivity (Wildman–Crippen MR) is 104 cm³/mol. The highest BCUT2D eigenvalue weighted by Crippen LogP contribution is 2.29. The molecule has 9 heteroatoms. The van der Waals surface area contributed by atoms with E-state index in [-0.39, 0.29) is 30.2 Å². The molecule has 0 aliphatic carbocycles. The van der Waals surface area contributed by atoms with E-state index in [0.717, 1.165) is 11.3 Å². The Morgan fingerprint density at radius 2 is 1.93 bits per heavy atom. The summed E-state index contributed by atoms with van der Waals surface area (Å²) < 4.78 is 10.9. The molecular formula is C20H29N3O6. The van der Waals surface area contributed by atoms with Crippen LogP contribution in [-0.2, 0) is 23.9 Å². The predicted octanol–water partition coefficient (Wildman–Crippen LogP) is 1.70. The maximum atomic E-state index is 12.6. The van der Waals surface area contributed by atoms with Crippen LogP contribution in [0, 0.1) is 0 Å². The number of urea groups is 1. The van der Waals surface area contributed by atoms with Crippen molar-refractivity contribution < 1.29 is 28.7 Å². The third kappa shape index (κ3) is 5.36. The molecule has 0 bridgehead atoms. The van der Waals surface area contributed by atoms with Gasteiger partial charge < -0.3 is 14.4 Å². The smallest absolute Gasteiger partial charge is 0.331 e. The van der Waals surface area contributed by atoms with Gasteiger partial charge in [0.05, 0.1) is 12.1 Å². The van der Waals surface area contributed by atoms with Crippen LogP contribution in [0.25, 0.3) is 0 Å². The average molecular weight is 407 g/mol. The van der Waals surface area contributed by atoms with Crippen molar-refractivity contribution in [2.24, 2.45) is 0 Å². The summed E-state index contributed by atoms with van der Waals surface area (Å²) in [6.07, 6.45) is 4.68. The van der Waals surface area contributed by atoms with Crippen molar-refractivity contribution in [3.05, 3.63) is 23.6 Å². The Morgan fingerprint density at radius 1 is 1.21 bits per heavy atom. The van der Waals surface area contributed by atoms with Crippen molar-refractivity contribution >= 4 is 23.8 Å². The van der Waals surface area contributed by atoms with Gasteiger partial charge in [0.15, 0.2) is 5.88 Å². The highest BCUT2D eigenvalue weighted by molar-refractivity contribution is 6.28.